The maximum atomic E-state index is 12.2. The minimum atomic E-state index is 0.0576. The van der Waals surface area contributed by atoms with Crippen LogP contribution in [0.5, 0.6) is 0 Å². The molecule has 1 fully saturated rings. The molecule has 0 aromatic carbocycles. The van der Waals surface area contributed by atoms with E-state index < -0.39 is 0 Å². The summed E-state index contributed by atoms with van der Waals surface area (Å²) >= 11 is 1.62. The van der Waals surface area contributed by atoms with Gasteiger partial charge in [-0.25, -0.2) is 9.67 Å². The number of amides is 1. The highest BCUT2D eigenvalue weighted by atomic mass is 32.1. The monoisotopic (exact) mass is 307 g/mol. The smallest absolute Gasteiger partial charge is 0.244 e. The van der Waals surface area contributed by atoms with Crippen molar-refractivity contribution in [3.8, 4) is 0 Å². The fraction of sp³-hybridized carbons (Fsp3) is 0.500. The first-order valence-corrected chi connectivity index (χ1v) is 7.65. The first kappa shape index (κ1) is 14.0. The van der Waals surface area contributed by atoms with Crippen molar-refractivity contribution >= 4 is 22.4 Å². The van der Waals surface area contributed by atoms with Gasteiger partial charge in [-0.3, -0.25) is 4.79 Å². The van der Waals surface area contributed by atoms with Crippen molar-refractivity contribution < 1.29 is 4.79 Å². The fourth-order valence-corrected chi connectivity index (χ4v) is 2.96. The molecule has 1 aliphatic heterocycles. The molecule has 1 aliphatic rings. The van der Waals surface area contributed by atoms with E-state index in [0.29, 0.717) is 25.3 Å². The third-order valence-electron chi connectivity index (χ3n) is 3.41. The number of nitrogens with zero attached hydrogens (tertiary/aromatic N) is 6. The van der Waals surface area contributed by atoms with Crippen LogP contribution in [-0.4, -0.2) is 57.0 Å². The molecule has 1 saturated heterocycles. The van der Waals surface area contributed by atoms with Crippen LogP contribution in [0.15, 0.2) is 17.8 Å². The van der Waals surface area contributed by atoms with Crippen molar-refractivity contribution in [2.75, 3.05) is 31.1 Å². The van der Waals surface area contributed by atoms with Crippen LogP contribution in [0.25, 0.3) is 0 Å². The van der Waals surface area contributed by atoms with Crippen LogP contribution in [0.3, 0.4) is 0 Å². The van der Waals surface area contributed by atoms with Crippen LogP contribution in [0.2, 0.25) is 0 Å². The van der Waals surface area contributed by atoms with Gasteiger partial charge in [-0.05, 0) is 0 Å². The molecule has 2 aromatic rings. The minimum Gasteiger partial charge on any atom is -0.345 e. The molecule has 0 radical (unpaired) electrons. The predicted molar refractivity (Wildman–Crippen MR) is 78.8 cm³/mol. The number of carbonyl (C=O) groups excluding carboxylic acids is 1. The lowest BCUT2D eigenvalue weighted by Crippen LogP contribution is -2.49. The number of nitrogens with two attached hydrogens (primary N) is 1. The molecule has 2 aromatic heterocycles. The minimum absolute atomic E-state index is 0.0576. The molecule has 21 heavy (non-hydrogen) atoms. The second kappa shape index (κ2) is 6.19. The molecule has 1 amide bonds. The first-order valence-electron chi connectivity index (χ1n) is 6.77. The van der Waals surface area contributed by atoms with Crippen molar-refractivity contribution in [2.24, 2.45) is 5.73 Å². The number of hydrogen-bond acceptors (Lipinski definition) is 7. The maximum absolute atomic E-state index is 12.2. The summed E-state index contributed by atoms with van der Waals surface area (Å²) in [5.41, 5.74) is 6.17. The Balaban J connectivity index is 1.53. The zero-order valence-electron chi connectivity index (χ0n) is 11.6. The van der Waals surface area contributed by atoms with E-state index in [-0.39, 0.29) is 12.5 Å². The van der Waals surface area contributed by atoms with E-state index in [2.05, 4.69) is 20.2 Å². The lowest BCUT2D eigenvalue weighted by atomic mass is 10.3. The van der Waals surface area contributed by atoms with E-state index in [0.717, 1.165) is 18.2 Å². The molecule has 3 rings (SSSR count). The largest absolute Gasteiger partial charge is 0.345 e. The van der Waals surface area contributed by atoms with Crippen molar-refractivity contribution in [3.05, 3.63) is 23.5 Å². The molecule has 0 spiro atoms. The Kier molecular flexibility index (Phi) is 4.11. The summed E-state index contributed by atoms with van der Waals surface area (Å²) in [5.74, 6) is 0.0576. The lowest BCUT2D eigenvalue weighted by Gasteiger charge is -2.34. The number of aromatic nitrogens is 4. The summed E-state index contributed by atoms with van der Waals surface area (Å²) in [6.45, 7) is 3.58. The Bertz CT molecular complexity index is 589. The van der Waals surface area contributed by atoms with Gasteiger partial charge in [0, 0.05) is 44.3 Å². The third-order valence-corrected chi connectivity index (χ3v) is 4.25. The standard InChI is InChI=1S/C12H17N7OS/c13-7-10-8-19(16-15-10)9-11(20)17-2-4-18(5-3-17)12-14-1-6-21-12/h1,6,8H,2-5,7,9,13H2. The zero-order chi connectivity index (χ0) is 14.7. The van der Waals surface area contributed by atoms with Crippen LogP contribution < -0.4 is 10.6 Å². The first-order chi connectivity index (χ1) is 10.3. The molecule has 3 heterocycles. The molecule has 0 bridgehead atoms. The summed E-state index contributed by atoms with van der Waals surface area (Å²) in [7, 11) is 0. The van der Waals surface area contributed by atoms with Gasteiger partial charge in [-0.2, -0.15) is 0 Å². The van der Waals surface area contributed by atoms with E-state index in [9.17, 15) is 4.79 Å². The summed E-state index contributed by atoms with van der Waals surface area (Å²) in [4.78, 5) is 20.6. The summed E-state index contributed by atoms with van der Waals surface area (Å²) in [6.07, 6.45) is 3.51. The number of rotatable bonds is 4. The molecule has 0 saturated carbocycles. The topological polar surface area (TPSA) is 93.2 Å². The average molecular weight is 307 g/mol. The normalized spacial score (nSPS) is 15.5. The van der Waals surface area contributed by atoms with E-state index in [1.165, 1.54) is 4.68 Å². The molecule has 112 valence electrons. The lowest BCUT2D eigenvalue weighted by molar-refractivity contribution is -0.132. The van der Waals surface area contributed by atoms with E-state index >= 15 is 0 Å². The van der Waals surface area contributed by atoms with Crippen molar-refractivity contribution in [3.63, 3.8) is 0 Å². The second-order valence-corrected chi connectivity index (χ2v) is 5.67. The van der Waals surface area contributed by atoms with Gasteiger partial charge in [0.1, 0.15) is 6.54 Å². The quantitative estimate of drug-likeness (QED) is 0.822. The summed E-state index contributed by atoms with van der Waals surface area (Å²) in [6, 6.07) is 0. The molecule has 0 atom stereocenters. The van der Waals surface area contributed by atoms with Crippen molar-refractivity contribution in [1.29, 1.82) is 0 Å². The van der Waals surface area contributed by atoms with Crippen LogP contribution >= 0.6 is 11.3 Å². The Morgan fingerprint density at radius 1 is 1.33 bits per heavy atom. The highest BCUT2D eigenvalue weighted by Crippen LogP contribution is 2.18. The number of carbonyl (C=O) groups is 1. The molecule has 2 N–H and O–H groups in total. The van der Waals surface area contributed by atoms with Crippen LogP contribution in [0.1, 0.15) is 5.69 Å². The predicted octanol–water partition coefficient (Wildman–Crippen LogP) is -0.458. The Morgan fingerprint density at radius 2 is 2.14 bits per heavy atom. The van der Waals surface area contributed by atoms with Gasteiger partial charge in [0.15, 0.2) is 5.13 Å². The molecular formula is C12H17N7OS. The average Bonchev–Trinajstić information content (AvgIpc) is 3.19. The SMILES string of the molecule is NCc1cn(CC(=O)N2CCN(c3nccs3)CC2)nn1. The maximum Gasteiger partial charge on any atom is 0.244 e. The molecular weight excluding hydrogens is 290 g/mol. The van der Waals surface area contributed by atoms with Crippen LogP contribution in [0.4, 0.5) is 5.13 Å². The van der Waals surface area contributed by atoms with Crippen LogP contribution in [0, 0.1) is 0 Å². The van der Waals surface area contributed by atoms with Gasteiger partial charge >= 0.3 is 0 Å². The number of piperazine rings is 1. The fourth-order valence-electron chi connectivity index (χ4n) is 2.27. The zero-order valence-corrected chi connectivity index (χ0v) is 12.4. The van der Waals surface area contributed by atoms with Gasteiger partial charge in [0.05, 0.1) is 11.9 Å². The van der Waals surface area contributed by atoms with Crippen molar-refractivity contribution in [2.45, 2.75) is 13.1 Å². The Morgan fingerprint density at radius 3 is 2.76 bits per heavy atom. The van der Waals surface area contributed by atoms with E-state index in [1.807, 2.05) is 10.3 Å². The highest BCUT2D eigenvalue weighted by molar-refractivity contribution is 7.13. The second-order valence-electron chi connectivity index (χ2n) is 4.79. The summed E-state index contributed by atoms with van der Waals surface area (Å²) < 4.78 is 1.54. The third kappa shape index (κ3) is 3.19. The number of anilines is 1. The van der Waals surface area contributed by atoms with Gasteiger partial charge in [-0.15, -0.1) is 16.4 Å². The summed E-state index contributed by atoms with van der Waals surface area (Å²) in [5, 5.41) is 10.8. The Labute approximate surface area is 126 Å². The van der Waals surface area contributed by atoms with E-state index in [4.69, 9.17) is 5.73 Å². The molecule has 0 aliphatic carbocycles. The number of hydrogen-bond donors (Lipinski definition) is 1. The number of thiazole rings is 1. The van der Waals surface area contributed by atoms with Gasteiger partial charge in [0.2, 0.25) is 5.91 Å². The van der Waals surface area contributed by atoms with Gasteiger partial charge in [-0.1, -0.05) is 5.21 Å². The highest BCUT2D eigenvalue weighted by Gasteiger charge is 2.22. The van der Waals surface area contributed by atoms with Crippen molar-refractivity contribution in [1.82, 2.24) is 24.9 Å². The molecule has 0 unspecified atom stereocenters. The molecule has 8 nitrogen and oxygen atoms in total. The molecule has 9 heteroatoms. The Hall–Kier alpha value is -2.00. The van der Waals surface area contributed by atoms with Gasteiger partial charge in [0.25, 0.3) is 0 Å². The van der Waals surface area contributed by atoms with Crippen LogP contribution in [-0.2, 0) is 17.9 Å². The van der Waals surface area contributed by atoms with Gasteiger partial charge < -0.3 is 15.5 Å². The van der Waals surface area contributed by atoms with E-state index in [1.54, 1.807) is 23.7 Å².